The molecule has 1 aromatic heterocycles. The first-order valence-electron chi connectivity index (χ1n) is 7.20. The number of aromatic nitrogens is 2. The Morgan fingerprint density at radius 3 is 2.47 bits per heavy atom. The second-order valence-electron chi connectivity index (χ2n) is 5.85. The van der Waals surface area contributed by atoms with Crippen molar-refractivity contribution in [3.05, 3.63) is 36.2 Å². The molecule has 0 bridgehead atoms. The highest BCUT2D eigenvalue weighted by Gasteiger charge is 2.24. The van der Waals surface area contributed by atoms with Crippen LogP contribution in [0.2, 0.25) is 0 Å². The second kappa shape index (κ2) is 5.25. The summed E-state index contributed by atoms with van der Waals surface area (Å²) in [6, 6.07) is 6.38. The number of fused-ring (bicyclic) bond motifs is 1. The van der Waals surface area contributed by atoms with Crippen LogP contribution in [0.1, 0.15) is 44.2 Å². The minimum Gasteiger partial charge on any atom is -0.324 e. The maximum absolute atomic E-state index is 6.46. The highest BCUT2D eigenvalue weighted by atomic mass is 14.8. The van der Waals surface area contributed by atoms with Crippen molar-refractivity contribution in [2.45, 2.75) is 38.6 Å². The molecule has 0 spiro atoms. The van der Waals surface area contributed by atoms with Gasteiger partial charge in [-0.3, -0.25) is 9.97 Å². The lowest BCUT2D eigenvalue weighted by Crippen LogP contribution is -2.25. The molecule has 2 aromatic rings. The number of hydrogen-bond acceptors (Lipinski definition) is 3. The van der Waals surface area contributed by atoms with E-state index >= 15 is 0 Å². The Morgan fingerprint density at radius 2 is 1.74 bits per heavy atom. The molecular weight excluding hydrogens is 234 g/mol. The van der Waals surface area contributed by atoms with Crippen molar-refractivity contribution in [1.29, 1.82) is 0 Å². The zero-order chi connectivity index (χ0) is 13.2. The molecule has 1 saturated carbocycles. The summed E-state index contributed by atoms with van der Waals surface area (Å²) in [4.78, 5) is 8.66. The maximum Gasteiger partial charge on any atom is 0.0890 e. The number of hydrogen-bond donors (Lipinski definition) is 1. The Kier molecular flexibility index (Phi) is 3.47. The van der Waals surface area contributed by atoms with E-state index in [-0.39, 0.29) is 6.04 Å². The van der Waals surface area contributed by atoms with E-state index in [1.807, 2.05) is 6.07 Å². The van der Waals surface area contributed by atoms with Crippen LogP contribution in [0.4, 0.5) is 0 Å². The van der Waals surface area contributed by atoms with E-state index in [1.54, 1.807) is 12.4 Å². The van der Waals surface area contributed by atoms with Crippen LogP contribution < -0.4 is 5.73 Å². The van der Waals surface area contributed by atoms with Crippen molar-refractivity contribution in [2.75, 3.05) is 0 Å². The molecule has 3 nitrogen and oxygen atoms in total. The fourth-order valence-corrected chi connectivity index (χ4v) is 3.10. The lowest BCUT2D eigenvalue weighted by atomic mass is 9.77. The predicted molar refractivity (Wildman–Crippen MR) is 77.6 cm³/mol. The van der Waals surface area contributed by atoms with Crippen molar-refractivity contribution in [3.63, 3.8) is 0 Å². The van der Waals surface area contributed by atoms with Gasteiger partial charge in [0.1, 0.15) is 0 Å². The molecular formula is C16H21N3. The van der Waals surface area contributed by atoms with E-state index in [2.05, 4.69) is 29.0 Å². The molecule has 0 saturated heterocycles. The summed E-state index contributed by atoms with van der Waals surface area (Å²) in [5, 5.41) is 0. The SMILES string of the molecule is CC1CCC(C(N)c2ccc3nccnc3c2)CC1. The average Bonchev–Trinajstić information content (AvgIpc) is 2.47. The van der Waals surface area contributed by atoms with E-state index in [0.717, 1.165) is 17.0 Å². The van der Waals surface area contributed by atoms with Crippen molar-refractivity contribution in [3.8, 4) is 0 Å². The van der Waals surface area contributed by atoms with Crippen LogP contribution in [0.25, 0.3) is 11.0 Å². The summed E-state index contributed by atoms with van der Waals surface area (Å²) in [7, 11) is 0. The van der Waals surface area contributed by atoms with E-state index in [9.17, 15) is 0 Å². The summed E-state index contributed by atoms with van der Waals surface area (Å²) >= 11 is 0. The van der Waals surface area contributed by atoms with Gasteiger partial charge in [-0.2, -0.15) is 0 Å². The Hall–Kier alpha value is -1.48. The summed E-state index contributed by atoms with van der Waals surface area (Å²) in [6.45, 7) is 2.34. The molecule has 1 unspecified atom stereocenters. The summed E-state index contributed by atoms with van der Waals surface area (Å²) in [5.74, 6) is 1.48. The zero-order valence-electron chi connectivity index (χ0n) is 11.4. The van der Waals surface area contributed by atoms with E-state index in [0.29, 0.717) is 5.92 Å². The first-order valence-corrected chi connectivity index (χ1v) is 7.20. The van der Waals surface area contributed by atoms with E-state index < -0.39 is 0 Å². The molecule has 1 heterocycles. The molecule has 19 heavy (non-hydrogen) atoms. The van der Waals surface area contributed by atoms with Gasteiger partial charge in [0.05, 0.1) is 11.0 Å². The smallest absolute Gasteiger partial charge is 0.0890 e. The normalized spacial score (nSPS) is 25.4. The highest BCUT2D eigenvalue weighted by molar-refractivity contribution is 5.74. The van der Waals surface area contributed by atoms with Crippen LogP contribution in [0.3, 0.4) is 0 Å². The van der Waals surface area contributed by atoms with Crippen LogP contribution in [0, 0.1) is 11.8 Å². The standard InChI is InChI=1S/C16H21N3/c1-11-2-4-12(5-3-11)16(17)13-6-7-14-15(10-13)19-9-8-18-14/h6-12,16H,2-5,17H2,1H3. The minimum absolute atomic E-state index is 0.138. The highest BCUT2D eigenvalue weighted by Crippen LogP contribution is 2.35. The van der Waals surface area contributed by atoms with Gasteiger partial charge < -0.3 is 5.73 Å². The molecule has 1 fully saturated rings. The molecule has 1 aliphatic carbocycles. The van der Waals surface area contributed by atoms with Crippen molar-refractivity contribution < 1.29 is 0 Å². The molecule has 0 amide bonds. The Bertz CT molecular complexity index is 559. The van der Waals surface area contributed by atoms with Crippen LogP contribution in [0.5, 0.6) is 0 Å². The third-order valence-corrected chi connectivity index (χ3v) is 4.45. The lowest BCUT2D eigenvalue weighted by Gasteiger charge is -2.30. The molecule has 1 aromatic carbocycles. The summed E-state index contributed by atoms with van der Waals surface area (Å²) in [5.41, 5.74) is 9.54. The fourth-order valence-electron chi connectivity index (χ4n) is 3.10. The fraction of sp³-hybridized carbons (Fsp3) is 0.500. The van der Waals surface area contributed by atoms with Gasteiger partial charge in [-0.1, -0.05) is 25.8 Å². The number of rotatable bonds is 2. The molecule has 1 atom stereocenters. The predicted octanol–water partition coefficient (Wildman–Crippen LogP) is 3.46. The third-order valence-electron chi connectivity index (χ3n) is 4.45. The largest absolute Gasteiger partial charge is 0.324 e. The van der Waals surface area contributed by atoms with Crippen LogP contribution in [-0.4, -0.2) is 9.97 Å². The monoisotopic (exact) mass is 255 g/mol. The quantitative estimate of drug-likeness (QED) is 0.894. The van der Waals surface area contributed by atoms with Crippen molar-refractivity contribution in [1.82, 2.24) is 9.97 Å². The first-order chi connectivity index (χ1) is 9.24. The van der Waals surface area contributed by atoms with Crippen LogP contribution >= 0.6 is 0 Å². The topological polar surface area (TPSA) is 51.8 Å². The molecule has 100 valence electrons. The Labute approximate surface area is 114 Å². The van der Waals surface area contributed by atoms with Gasteiger partial charge in [-0.15, -0.1) is 0 Å². The van der Waals surface area contributed by atoms with Crippen LogP contribution in [0.15, 0.2) is 30.6 Å². The van der Waals surface area contributed by atoms with E-state index in [1.165, 1.54) is 31.2 Å². The number of nitrogens with two attached hydrogens (primary N) is 1. The summed E-state index contributed by atoms with van der Waals surface area (Å²) in [6.07, 6.45) is 8.59. The van der Waals surface area contributed by atoms with Gasteiger partial charge in [-0.25, -0.2) is 0 Å². The minimum atomic E-state index is 0.138. The lowest BCUT2D eigenvalue weighted by molar-refractivity contribution is 0.256. The van der Waals surface area contributed by atoms with Gasteiger partial charge in [0.2, 0.25) is 0 Å². The molecule has 0 aliphatic heterocycles. The van der Waals surface area contributed by atoms with Crippen molar-refractivity contribution >= 4 is 11.0 Å². The Morgan fingerprint density at radius 1 is 1.05 bits per heavy atom. The number of nitrogens with zero attached hydrogens (tertiary/aromatic N) is 2. The van der Waals surface area contributed by atoms with Gasteiger partial charge in [0, 0.05) is 18.4 Å². The summed E-state index contributed by atoms with van der Waals surface area (Å²) < 4.78 is 0. The van der Waals surface area contributed by atoms with Gasteiger partial charge in [-0.05, 0) is 42.4 Å². The molecule has 2 N–H and O–H groups in total. The van der Waals surface area contributed by atoms with Gasteiger partial charge in [0.25, 0.3) is 0 Å². The Balaban J connectivity index is 1.83. The van der Waals surface area contributed by atoms with E-state index in [4.69, 9.17) is 5.73 Å². The van der Waals surface area contributed by atoms with Crippen molar-refractivity contribution in [2.24, 2.45) is 17.6 Å². The average molecular weight is 255 g/mol. The van der Waals surface area contributed by atoms with Crippen LogP contribution in [-0.2, 0) is 0 Å². The zero-order valence-corrected chi connectivity index (χ0v) is 11.4. The molecule has 3 heteroatoms. The first kappa shape index (κ1) is 12.5. The van der Waals surface area contributed by atoms with Gasteiger partial charge >= 0.3 is 0 Å². The second-order valence-corrected chi connectivity index (χ2v) is 5.85. The maximum atomic E-state index is 6.46. The van der Waals surface area contributed by atoms with Gasteiger partial charge in [0.15, 0.2) is 0 Å². The number of benzene rings is 1. The molecule has 0 radical (unpaired) electrons. The third kappa shape index (κ3) is 2.61. The molecule has 1 aliphatic rings. The molecule has 3 rings (SSSR count).